The van der Waals surface area contributed by atoms with Crippen LogP contribution in [0.5, 0.6) is 11.5 Å². The minimum atomic E-state index is -0.887. The molecule has 0 spiro atoms. The molecule has 5 N–H and O–H groups in total. The van der Waals surface area contributed by atoms with Crippen molar-refractivity contribution in [2.45, 2.75) is 13.8 Å². The van der Waals surface area contributed by atoms with Gasteiger partial charge in [-0.05, 0) is 32.0 Å². The zero-order chi connectivity index (χ0) is 13.9. The first-order chi connectivity index (χ1) is 8.24. The van der Waals surface area contributed by atoms with E-state index in [0.717, 1.165) is 6.07 Å². The van der Waals surface area contributed by atoms with E-state index >= 15 is 0 Å². The molecule has 0 aliphatic rings. The van der Waals surface area contributed by atoms with Crippen molar-refractivity contribution >= 4 is 11.8 Å². The molecular weight excluding hydrogens is 236 g/mol. The highest BCUT2D eigenvalue weighted by molar-refractivity contribution is 5.97. The van der Waals surface area contributed by atoms with Crippen LogP contribution >= 0.6 is 0 Å². The molecule has 1 rings (SSSR count). The van der Waals surface area contributed by atoms with Gasteiger partial charge in [0.05, 0.1) is 11.0 Å². The van der Waals surface area contributed by atoms with Gasteiger partial charge in [0.1, 0.15) is 11.5 Å². The molecule has 0 saturated carbocycles. The maximum Gasteiger partial charge on any atom is 0.255 e. The second kappa shape index (κ2) is 4.95. The first-order valence-corrected chi connectivity index (χ1v) is 5.34. The average Bonchev–Trinajstić information content (AvgIpc) is 2.29. The molecule has 0 aliphatic carbocycles. The minimum absolute atomic E-state index is 0.0380. The number of hydrogen-bond donors (Lipinski definition) is 4. The van der Waals surface area contributed by atoms with Crippen molar-refractivity contribution in [2.75, 3.05) is 6.54 Å². The number of carbonyl (C=O) groups excluding carboxylic acids is 2. The SMILES string of the molecule is CC(C)(CNC(=O)c1cc(O)ccc1O)C(N)=O. The number of hydrogen-bond acceptors (Lipinski definition) is 4. The second-order valence-corrected chi connectivity index (χ2v) is 4.63. The molecule has 1 aromatic carbocycles. The molecule has 0 heterocycles. The number of aromatic hydroxyl groups is 2. The number of rotatable bonds is 4. The van der Waals surface area contributed by atoms with Crippen LogP contribution in [0.4, 0.5) is 0 Å². The summed E-state index contributed by atoms with van der Waals surface area (Å²) in [4.78, 5) is 22.8. The van der Waals surface area contributed by atoms with Crippen molar-refractivity contribution in [3.8, 4) is 11.5 Å². The van der Waals surface area contributed by atoms with Crippen LogP contribution in [0.1, 0.15) is 24.2 Å². The highest BCUT2D eigenvalue weighted by atomic mass is 16.3. The number of nitrogens with two attached hydrogens (primary N) is 1. The summed E-state index contributed by atoms with van der Waals surface area (Å²) < 4.78 is 0. The fraction of sp³-hybridized carbons (Fsp3) is 0.333. The Bertz CT molecular complexity index is 483. The molecule has 0 aromatic heterocycles. The first-order valence-electron chi connectivity index (χ1n) is 5.34. The summed E-state index contributed by atoms with van der Waals surface area (Å²) in [6.07, 6.45) is 0. The van der Waals surface area contributed by atoms with Gasteiger partial charge >= 0.3 is 0 Å². The summed E-state index contributed by atoms with van der Waals surface area (Å²) in [5.74, 6) is -1.50. The summed E-state index contributed by atoms with van der Waals surface area (Å²) in [7, 11) is 0. The number of phenolic OH excluding ortho intramolecular Hbond substituents is 2. The van der Waals surface area contributed by atoms with Gasteiger partial charge in [-0.1, -0.05) is 0 Å². The third-order valence-electron chi connectivity index (χ3n) is 2.58. The van der Waals surface area contributed by atoms with Gasteiger partial charge in [-0.2, -0.15) is 0 Å². The van der Waals surface area contributed by atoms with E-state index in [4.69, 9.17) is 5.73 Å². The quantitative estimate of drug-likeness (QED) is 0.579. The van der Waals surface area contributed by atoms with E-state index < -0.39 is 17.2 Å². The van der Waals surface area contributed by atoms with Crippen LogP contribution in [0.2, 0.25) is 0 Å². The molecule has 2 amide bonds. The fourth-order valence-corrected chi connectivity index (χ4v) is 1.19. The third kappa shape index (κ3) is 3.13. The van der Waals surface area contributed by atoms with Gasteiger partial charge in [0.15, 0.2) is 0 Å². The maximum absolute atomic E-state index is 11.8. The van der Waals surface area contributed by atoms with Crippen molar-refractivity contribution < 1.29 is 19.8 Å². The zero-order valence-corrected chi connectivity index (χ0v) is 10.2. The lowest BCUT2D eigenvalue weighted by molar-refractivity contribution is -0.125. The summed E-state index contributed by atoms with van der Waals surface area (Å²) in [6.45, 7) is 3.23. The second-order valence-electron chi connectivity index (χ2n) is 4.63. The van der Waals surface area contributed by atoms with Gasteiger partial charge in [-0.15, -0.1) is 0 Å². The molecular formula is C12H16N2O4. The molecule has 0 atom stereocenters. The molecule has 0 unspecified atom stereocenters. The smallest absolute Gasteiger partial charge is 0.255 e. The van der Waals surface area contributed by atoms with Crippen LogP contribution in [-0.2, 0) is 4.79 Å². The van der Waals surface area contributed by atoms with Gasteiger partial charge in [0.2, 0.25) is 5.91 Å². The number of nitrogens with one attached hydrogen (secondary N) is 1. The number of carbonyl (C=O) groups is 2. The van der Waals surface area contributed by atoms with Crippen LogP contribution in [-0.4, -0.2) is 28.6 Å². The van der Waals surface area contributed by atoms with E-state index in [1.165, 1.54) is 12.1 Å². The Morgan fingerprint density at radius 1 is 1.33 bits per heavy atom. The van der Waals surface area contributed by atoms with Crippen LogP contribution in [0, 0.1) is 5.41 Å². The topological polar surface area (TPSA) is 113 Å². The van der Waals surface area contributed by atoms with E-state index in [2.05, 4.69) is 5.32 Å². The molecule has 0 radical (unpaired) electrons. The largest absolute Gasteiger partial charge is 0.508 e. The Hall–Kier alpha value is -2.24. The van der Waals surface area contributed by atoms with E-state index in [1.54, 1.807) is 13.8 Å². The van der Waals surface area contributed by atoms with Crippen molar-refractivity contribution in [1.82, 2.24) is 5.32 Å². The van der Waals surface area contributed by atoms with Gasteiger partial charge in [-0.25, -0.2) is 0 Å². The molecule has 98 valence electrons. The summed E-state index contributed by atoms with van der Waals surface area (Å²) in [5, 5.41) is 21.2. The van der Waals surface area contributed by atoms with E-state index in [0.29, 0.717) is 0 Å². The first kappa shape index (κ1) is 13.8. The van der Waals surface area contributed by atoms with E-state index in [-0.39, 0.29) is 23.6 Å². The molecule has 0 bridgehead atoms. The maximum atomic E-state index is 11.8. The Morgan fingerprint density at radius 3 is 2.50 bits per heavy atom. The lowest BCUT2D eigenvalue weighted by Crippen LogP contribution is -2.42. The number of amides is 2. The van der Waals surface area contributed by atoms with E-state index in [1.807, 2.05) is 0 Å². The van der Waals surface area contributed by atoms with Crippen molar-refractivity contribution in [2.24, 2.45) is 11.1 Å². The number of phenols is 2. The van der Waals surface area contributed by atoms with Crippen molar-refractivity contribution in [1.29, 1.82) is 0 Å². The summed E-state index contributed by atoms with van der Waals surface area (Å²) in [6, 6.07) is 3.62. The third-order valence-corrected chi connectivity index (χ3v) is 2.58. The van der Waals surface area contributed by atoms with Crippen LogP contribution in [0.15, 0.2) is 18.2 Å². The average molecular weight is 252 g/mol. The highest BCUT2D eigenvalue weighted by Gasteiger charge is 2.26. The Labute approximate surface area is 104 Å². The monoisotopic (exact) mass is 252 g/mol. The lowest BCUT2D eigenvalue weighted by atomic mass is 9.92. The normalized spacial score (nSPS) is 11.0. The molecule has 1 aromatic rings. The van der Waals surface area contributed by atoms with E-state index in [9.17, 15) is 19.8 Å². The van der Waals surface area contributed by atoms with Gasteiger partial charge < -0.3 is 21.3 Å². The molecule has 0 fully saturated rings. The van der Waals surface area contributed by atoms with Crippen molar-refractivity contribution in [3.05, 3.63) is 23.8 Å². The molecule has 0 aliphatic heterocycles. The molecule has 18 heavy (non-hydrogen) atoms. The lowest BCUT2D eigenvalue weighted by Gasteiger charge is -2.20. The minimum Gasteiger partial charge on any atom is -0.508 e. The standard InChI is InChI=1S/C12H16N2O4/c1-12(2,11(13)18)6-14-10(17)8-5-7(15)3-4-9(8)16/h3-5,15-16H,6H2,1-2H3,(H2,13,18)(H,14,17). The molecule has 6 heteroatoms. The fourth-order valence-electron chi connectivity index (χ4n) is 1.19. The zero-order valence-electron chi connectivity index (χ0n) is 10.2. The van der Waals surface area contributed by atoms with Gasteiger partial charge in [-0.3, -0.25) is 9.59 Å². The Morgan fingerprint density at radius 2 is 1.94 bits per heavy atom. The number of primary amides is 1. The Balaban J connectivity index is 2.78. The highest BCUT2D eigenvalue weighted by Crippen LogP contribution is 2.22. The van der Waals surface area contributed by atoms with Crippen LogP contribution in [0.3, 0.4) is 0 Å². The number of benzene rings is 1. The molecule has 0 saturated heterocycles. The van der Waals surface area contributed by atoms with Crippen LogP contribution in [0.25, 0.3) is 0 Å². The van der Waals surface area contributed by atoms with Crippen LogP contribution < -0.4 is 11.1 Å². The predicted octanol–water partition coefficient (Wildman–Crippen LogP) is 0.339. The van der Waals surface area contributed by atoms with Gasteiger partial charge in [0, 0.05) is 6.54 Å². The summed E-state index contributed by atoms with van der Waals surface area (Å²) >= 11 is 0. The van der Waals surface area contributed by atoms with Crippen molar-refractivity contribution in [3.63, 3.8) is 0 Å². The van der Waals surface area contributed by atoms with Gasteiger partial charge in [0.25, 0.3) is 5.91 Å². The Kier molecular flexibility index (Phi) is 3.80. The predicted molar refractivity (Wildman–Crippen MR) is 65.1 cm³/mol. The summed E-state index contributed by atoms with van der Waals surface area (Å²) in [5.41, 5.74) is 4.22. The molecule has 6 nitrogen and oxygen atoms in total.